The van der Waals surface area contributed by atoms with Crippen molar-refractivity contribution in [2.45, 2.75) is 31.8 Å². The maximum Gasteiger partial charge on any atom is 0.270 e. The first-order chi connectivity index (χ1) is 15.4. The normalized spacial score (nSPS) is 16.9. The topological polar surface area (TPSA) is 91.9 Å². The van der Waals surface area contributed by atoms with Gasteiger partial charge in [-0.3, -0.25) is 14.2 Å². The van der Waals surface area contributed by atoms with E-state index >= 15 is 0 Å². The molecule has 1 aromatic carbocycles. The molecule has 8 nitrogen and oxygen atoms in total. The molecule has 0 bridgehead atoms. The maximum absolute atomic E-state index is 13.5. The molecule has 32 heavy (non-hydrogen) atoms. The summed E-state index contributed by atoms with van der Waals surface area (Å²) in [4.78, 5) is 28.5. The van der Waals surface area contributed by atoms with Crippen LogP contribution in [0, 0.1) is 5.82 Å². The number of fused-ring (bicyclic) bond motifs is 1. The van der Waals surface area contributed by atoms with Crippen LogP contribution in [0.4, 0.5) is 4.39 Å². The summed E-state index contributed by atoms with van der Waals surface area (Å²) in [5, 5.41) is 18.0. The van der Waals surface area contributed by atoms with Crippen LogP contribution in [0.25, 0.3) is 11.2 Å². The highest BCUT2D eigenvalue weighted by molar-refractivity contribution is 5.97. The molecular weight excluding hydrogens is 413 g/mol. The van der Waals surface area contributed by atoms with Crippen LogP contribution in [0.2, 0.25) is 0 Å². The number of hydrogen-bond acceptors (Lipinski definition) is 5. The third-order valence-electron chi connectivity index (χ3n) is 6.03. The van der Waals surface area contributed by atoms with Gasteiger partial charge in [-0.2, -0.15) is 9.61 Å². The van der Waals surface area contributed by atoms with Gasteiger partial charge in [0.15, 0.2) is 11.2 Å². The number of rotatable bonds is 5. The number of hydrogen-bond donors (Lipinski definition) is 2. The van der Waals surface area contributed by atoms with Gasteiger partial charge in [0.05, 0.1) is 12.7 Å². The molecule has 9 heteroatoms. The molecule has 0 radical (unpaired) electrons. The summed E-state index contributed by atoms with van der Waals surface area (Å²) < 4.78 is 16.1. The van der Waals surface area contributed by atoms with Gasteiger partial charge in [0, 0.05) is 24.7 Å². The molecule has 166 valence electrons. The number of carbonyl (C=O) groups excluding carboxylic acids is 1. The lowest BCUT2D eigenvalue weighted by atomic mass is 10.0. The lowest BCUT2D eigenvalue weighted by Gasteiger charge is -2.22. The van der Waals surface area contributed by atoms with Crippen molar-refractivity contribution >= 4 is 17.1 Å². The molecule has 2 aromatic heterocycles. The average Bonchev–Trinajstić information content (AvgIpc) is 3.47. The van der Waals surface area contributed by atoms with Crippen molar-refractivity contribution in [2.75, 3.05) is 20.1 Å². The Labute approximate surface area is 183 Å². The zero-order chi connectivity index (χ0) is 22.4. The molecule has 3 heterocycles. The third-order valence-corrected chi connectivity index (χ3v) is 6.03. The SMILES string of the molecule is CN1CC=C(c2cnn3c(O)c(C(=O)NC4CC4)c(=O)n(Cc4ccc(F)cc4)c23)CC1. The highest BCUT2D eigenvalue weighted by Gasteiger charge is 2.30. The molecule has 0 unspecified atom stereocenters. The highest BCUT2D eigenvalue weighted by atomic mass is 19.1. The highest BCUT2D eigenvalue weighted by Crippen LogP contribution is 2.29. The number of halogens is 1. The molecule has 1 saturated carbocycles. The van der Waals surface area contributed by atoms with Crippen molar-refractivity contribution in [1.29, 1.82) is 0 Å². The van der Waals surface area contributed by atoms with Gasteiger partial charge in [-0.05, 0) is 49.6 Å². The van der Waals surface area contributed by atoms with Crippen LogP contribution in [0.15, 0.2) is 41.3 Å². The third kappa shape index (κ3) is 3.69. The summed E-state index contributed by atoms with van der Waals surface area (Å²) >= 11 is 0. The lowest BCUT2D eigenvalue weighted by Crippen LogP contribution is -2.36. The Morgan fingerprint density at radius 3 is 2.69 bits per heavy atom. The predicted octanol–water partition coefficient (Wildman–Crippen LogP) is 2.00. The standard InChI is InChI=1S/C23H24FN5O3/c1-27-10-8-15(9-11-27)18-12-25-29-21(18)28(13-14-2-4-16(24)5-3-14)22(31)19(23(29)32)20(30)26-17-6-7-17/h2-5,8,12,17,32H,6-7,9-11,13H2,1H3,(H,26,30). The van der Waals surface area contributed by atoms with Crippen molar-refractivity contribution in [3.63, 3.8) is 0 Å². The quantitative estimate of drug-likeness (QED) is 0.637. The summed E-state index contributed by atoms with van der Waals surface area (Å²) in [7, 11) is 2.03. The van der Waals surface area contributed by atoms with Crippen molar-refractivity contribution in [3.8, 4) is 5.88 Å². The van der Waals surface area contributed by atoms with Crippen molar-refractivity contribution < 1.29 is 14.3 Å². The number of nitrogens with zero attached hydrogens (tertiary/aromatic N) is 4. The summed E-state index contributed by atoms with van der Waals surface area (Å²) in [5.41, 5.74) is 1.93. The number of nitrogens with one attached hydrogen (secondary N) is 1. The fourth-order valence-electron chi connectivity index (χ4n) is 4.03. The molecule has 1 fully saturated rings. The minimum absolute atomic E-state index is 0.0279. The first-order valence-electron chi connectivity index (χ1n) is 10.7. The number of amides is 1. The van der Waals surface area contributed by atoms with E-state index in [-0.39, 0.29) is 24.0 Å². The van der Waals surface area contributed by atoms with Crippen LogP contribution < -0.4 is 10.9 Å². The van der Waals surface area contributed by atoms with E-state index in [1.54, 1.807) is 18.3 Å². The van der Waals surface area contributed by atoms with Gasteiger partial charge in [0.1, 0.15) is 5.82 Å². The molecular formula is C23H24FN5O3. The van der Waals surface area contributed by atoms with E-state index in [1.807, 2.05) is 7.05 Å². The smallest absolute Gasteiger partial charge is 0.270 e. The Bertz CT molecular complexity index is 1290. The Morgan fingerprint density at radius 2 is 2.03 bits per heavy atom. The van der Waals surface area contributed by atoms with Crippen LogP contribution in [0.1, 0.15) is 40.7 Å². The lowest BCUT2D eigenvalue weighted by molar-refractivity contribution is 0.0945. The Morgan fingerprint density at radius 1 is 1.28 bits per heavy atom. The van der Waals surface area contributed by atoms with Gasteiger partial charge >= 0.3 is 0 Å². The molecule has 1 amide bonds. The minimum Gasteiger partial charge on any atom is -0.492 e. The largest absolute Gasteiger partial charge is 0.492 e. The Kier molecular flexibility index (Phi) is 5.05. The zero-order valence-electron chi connectivity index (χ0n) is 17.7. The van der Waals surface area contributed by atoms with Gasteiger partial charge in [-0.25, -0.2) is 4.39 Å². The number of likely N-dealkylation sites (N-methyl/N-ethyl adjacent to an activating group) is 1. The Hall–Kier alpha value is -3.46. The number of aromatic nitrogens is 3. The molecule has 1 aliphatic carbocycles. The average molecular weight is 437 g/mol. The molecule has 2 N–H and O–H groups in total. The van der Waals surface area contributed by atoms with E-state index in [0.29, 0.717) is 11.2 Å². The zero-order valence-corrected chi connectivity index (χ0v) is 17.7. The number of benzene rings is 1. The molecule has 1 aliphatic heterocycles. The fraction of sp³-hybridized carbons (Fsp3) is 0.348. The van der Waals surface area contributed by atoms with Crippen LogP contribution in [-0.4, -0.2) is 56.3 Å². The van der Waals surface area contributed by atoms with E-state index in [1.165, 1.54) is 21.2 Å². The second-order valence-corrected chi connectivity index (χ2v) is 8.50. The van der Waals surface area contributed by atoms with Gasteiger partial charge in [-0.1, -0.05) is 18.2 Å². The van der Waals surface area contributed by atoms with E-state index in [9.17, 15) is 19.1 Å². The second-order valence-electron chi connectivity index (χ2n) is 8.50. The summed E-state index contributed by atoms with van der Waals surface area (Å²) in [5.74, 6) is -1.46. The monoisotopic (exact) mass is 437 g/mol. The predicted molar refractivity (Wildman–Crippen MR) is 117 cm³/mol. The Balaban J connectivity index is 1.70. The molecule has 0 spiro atoms. The fourth-order valence-corrected chi connectivity index (χ4v) is 4.03. The molecule has 0 atom stereocenters. The van der Waals surface area contributed by atoms with E-state index in [4.69, 9.17) is 0 Å². The number of aromatic hydroxyl groups is 1. The van der Waals surface area contributed by atoms with Gasteiger partial charge < -0.3 is 15.3 Å². The van der Waals surface area contributed by atoms with Crippen LogP contribution in [0.3, 0.4) is 0 Å². The van der Waals surface area contributed by atoms with E-state index in [0.717, 1.165) is 43.5 Å². The van der Waals surface area contributed by atoms with Crippen LogP contribution in [-0.2, 0) is 6.54 Å². The van der Waals surface area contributed by atoms with Gasteiger partial charge in [-0.15, -0.1) is 0 Å². The summed E-state index contributed by atoms with van der Waals surface area (Å²) in [6.07, 6.45) is 6.18. The van der Waals surface area contributed by atoms with Crippen LogP contribution >= 0.6 is 0 Å². The molecule has 0 saturated heterocycles. The first-order valence-corrected chi connectivity index (χ1v) is 10.7. The number of carbonyl (C=O) groups is 1. The summed E-state index contributed by atoms with van der Waals surface area (Å²) in [6, 6.07) is 5.88. The van der Waals surface area contributed by atoms with Gasteiger partial charge in [0.2, 0.25) is 5.88 Å². The van der Waals surface area contributed by atoms with Crippen LogP contribution in [0.5, 0.6) is 5.88 Å². The molecule has 2 aliphatic rings. The van der Waals surface area contributed by atoms with Gasteiger partial charge in [0.25, 0.3) is 11.5 Å². The van der Waals surface area contributed by atoms with Crippen molar-refractivity contribution in [1.82, 2.24) is 24.4 Å². The minimum atomic E-state index is -0.611. The van der Waals surface area contributed by atoms with E-state index in [2.05, 4.69) is 21.4 Å². The first kappa shape index (κ1) is 20.4. The maximum atomic E-state index is 13.5. The molecule has 3 aromatic rings. The summed E-state index contributed by atoms with van der Waals surface area (Å²) in [6.45, 7) is 1.74. The second kappa shape index (κ2) is 7.90. The van der Waals surface area contributed by atoms with E-state index < -0.39 is 17.3 Å². The molecule has 5 rings (SSSR count). The van der Waals surface area contributed by atoms with Crippen molar-refractivity contribution in [2.24, 2.45) is 0 Å². The van der Waals surface area contributed by atoms with Crippen molar-refractivity contribution in [3.05, 3.63) is 69.4 Å².